The average molecular weight is 291 g/mol. The fraction of sp³-hybridized carbons (Fsp3) is 0.455. The zero-order valence-electron chi connectivity index (χ0n) is 10.1. The first-order chi connectivity index (χ1) is 8.35. The summed E-state index contributed by atoms with van der Waals surface area (Å²) in [5, 5.41) is 23.8. The summed E-state index contributed by atoms with van der Waals surface area (Å²) in [5.74, 6) is 0.588. The number of nitro groups is 1. The van der Waals surface area contributed by atoms with Gasteiger partial charge in [-0.1, -0.05) is 11.6 Å². The summed E-state index contributed by atoms with van der Waals surface area (Å²) in [6, 6.07) is 4.19. The maximum Gasteiger partial charge on any atom is 0.271 e. The Labute approximate surface area is 115 Å². The third kappa shape index (κ3) is 4.36. The van der Waals surface area contributed by atoms with E-state index < -0.39 is 10.5 Å². The normalized spacial score (nSPS) is 14.0. The van der Waals surface area contributed by atoms with Crippen LogP contribution in [0, 0.1) is 10.1 Å². The number of nitro benzene ring substituents is 1. The van der Waals surface area contributed by atoms with E-state index in [0.29, 0.717) is 18.0 Å². The molecule has 5 nitrogen and oxygen atoms in total. The Kier molecular flexibility index (Phi) is 5.25. The van der Waals surface area contributed by atoms with E-state index in [9.17, 15) is 15.2 Å². The third-order valence-corrected chi connectivity index (χ3v) is 3.50. The number of anilines is 1. The molecule has 1 aromatic rings. The molecular weight excluding hydrogens is 276 g/mol. The van der Waals surface area contributed by atoms with Gasteiger partial charge in [0.2, 0.25) is 0 Å². The van der Waals surface area contributed by atoms with Crippen molar-refractivity contribution in [2.75, 3.05) is 23.9 Å². The molecule has 18 heavy (non-hydrogen) atoms. The molecule has 0 aromatic heterocycles. The van der Waals surface area contributed by atoms with Gasteiger partial charge in [-0.15, -0.1) is 0 Å². The molecule has 0 heterocycles. The van der Waals surface area contributed by atoms with Crippen LogP contribution in [-0.2, 0) is 0 Å². The molecule has 1 aromatic carbocycles. The maximum absolute atomic E-state index is 10.6. The number of nitrogens with one attached hydrogen (secondary N) is 1. The van der Waals surface area contributed by atoms with Crippen molar-refractivity contribution in [3.63, 3.8) is 0 Å². The van der Waals surface area contributed by atoms with Gasteiger partial charge in [-0.2, -0.15) is 11.8 Å². The van der Waals surface area contributed by atoms with Crippen molar-refractivity contribution in [2.45, 2.75) is 12.5 Å². The van der Waals surface area contributed by atoms with Gasteiger partial charge in [0.25, 0.3) is 5.69 Å². The first-order valence-electron chi connectivity index (χ1n) is 5.25. The highest BCUT2D eigenvalue weighted by molar-refractivity contribution is 7.98. The predicted octanol–water partition coefficient (Wildman–Crippen LogP) is 2.77. The summed E-state index contributed by atoms with van der Waals surface area (Å²) in [4.78, 5) is 10.1. The second kappa shape index (κ2) is 6.26. The van der Waals surface area contributed by atoms with E-state index in [0.717, 1.165) is 0 Å². The lowest BCUT2D eigenvalue weighted by Gasteiger charge is -2.23. The second-order valence-electron chi connectivity index (χ2n) is 4.20. The summed E-state index contributed by atoms with van der Waals surface area (Å²) in [6.07, 6.45) is 1.91. The minimum atomic E-state index is -0.857. The minimum absolute atomic E-state index is 0.0542. The van der Waals surface area contributed by atoms with Gasteiger partial charge in [0.15, 0.2) is 0 Å². The molecule has 1 atom stereocenters. The monoisotopic (exact) mass is 290 g/mol. The summed E-state index contributed by atoms with van der Waals surface area (Å²) >= 11 is 7.47. The first-order valence-corrected chi connectivity index (χ1v) is 7.02. The standard InChI is InChI=1S/C11H15ClN2O3S/c1-11(15,7-18-2)6-13-10-4-3-8(14(16)17)5-9(10)12/h3-5,13,15H,6-7H2,1-2H3. The van der Waals surface area contributed by atoms with Crippen molar-refractivity contribution >= 4 is 34.7 Å². The fourth-order valence-corrected chi connectivity index (χ4v) is 2.37. The fourth-order valence-electron chi connectivity index (χ4n) is 1.41. The van der Waals surface area contributed by atoms with Crippen LogP contribution in [0.3, 0.4) is 0 Å². The van der Waals surface area contributed by atoms with Gasteiger partial charge in [0.1, 0.15) is 0 Å². The summed E-state index contributed by atoms with van der Waals surface area (Å²) in [7, 11) is 0. The highest BCUT2D eigenvalue weighted by atomic mass is 35.5. The third-order valence-electron chi connectivity index (χ3n) is 2.28. The summed E-state index contributed by atoms with van der Waals surface area (Å²) in [6.45, 7) is 2.04. The van der Waals surface area contributed by atoms with Gasteiger partial charge in [-0.05, 0) is 19.2 Å². The quantitative estimate of drug-likeness (QED) is 0.622. The van der Waals surface area contributed by atoms with Crippen LogP contribution in [0.5, 0.6) is 0 Å². The minimum Gasteiger partial charge on any atom is -0.387 e. The molecule has 1 unspecified atom stereocenters. The number of non-ortho nitro benzene ring substituents is 1. The van der Waals surface area contributed by atoms with Gasteiger partial charge in [-0.25, -0.2) is 0 Å². The van der Waals surface area contributed by atoms with Gasteiger partial charge < -0.3 is 10.4 Å². The van der Waals surface area contributed by atoms with Crippen LogP contribution in [0.25, 0.3) is 0 Å². The van der Waals surface area contributed by atoms with Crippen LogP contribution in [0.15, 0.2) is 18.2 Å². The lowest BCUT2D eigenvalue weighted by atomic mass is 10.1. The molecule has 0 amide bonds. The number of rotatable bonds is 6. The molecular formula is C11H15ClN2O3S. The molecule has 1 rings (SSSR count). The lowest BCUT2D eigenvalue weighted by Crippen LogP contribution is -2.36. The Morgan fingerprint density at radius 3 is 2.78 bits per heavy atom. The number of hydrogen-bond acceptors (Lipinski definition) is 5. The van der Waals surface area contributed by atoms with Crippen LogP contribution in [0.4, 0.5) is 11.4 Å². The Morgan fingerprint density at radius 2 is 2.28 bits per heavy atom. The van der Waals surface area contributed by atoms with Crippen LogP contribution in [0.1, 0.15) is 6.92 Å². The molecule has 2 N–H and O–H groups in total. The first kappa shape index (κ1) is 15.1. The van der Waals surface area contributed by atoms with E-state index in [-0.39, 0.29) is 10.7 Å². The molecule has 100 valence electrons. The molecule has 7 heteroatoms. The van der Waals surface area contributed by atoms with Crippen LogP contribution >= 0.6 is 23.4 Å². The molecule has 0 aliphatic rings. The van der Waals surface area contributed by atoms with Gasteiger partial charge in [0, 0.05) is 24.4 Å². The maximum atomic E-state index is 10.6. The van der Waals surface area contributed by atoms with Gasteiger partial charge in [0.05, 0.1) is 21.2 Å². The van der Waals surface area contributed by atoms with Gasteiger partial charge in [-0.3, -0.25) is 10.1 Å². The number of hydrogen-bond donors (Lipinski definition) is 2. The van der Waals surface area contributed by atoms with Crippen LogP contribution in [-0.4, -0.2) is 34.2 Å². The van der Waals surface area contributed by atoms with Crippen molar-refractivity contribution in [1.29, 1.82) is 0 Å². The Morgan fingerprint density at radius 1 is 1.61 bits per heavy atom. The lowest BCUT2D eigenvalue weighted by molar-refractivity contribution is -0.384. The highest BCUT2D eigenvalue weighted by Crippen LogP contribution is 2.27. The number of nitrogens with zero attached hydrogens (tertiary/aromatic N) is 1. The SMILES string of the molecule is CSCC(C)(O)CNc1ccc([N+](=O)[O-])cc1Cl. The van der Waals surface area contributed by atoms with E-state index in [1.807, 2.05) is 6.26 Å². The molecule has 0 fully saturated rings. The van der Waals surface area contributed by atoms with Crippen LogP contribution in [0.2, 0.25) is 5.02 Å². The number of halogens is 1. The molecule has 0 saturated heterocycles. The van der Waals surface area contributed by atoms with Crippen molar-refractivity contribution in [3.8, 4) is 0 Å². The zero-order valence-corrected chi connectivity index (χ0v) is 11.7. The average Bonchev–Trinajstić information content (AvgIpc) is 2.27. The topological polar surface area (TPSA) is 75.4 Å². The zero-order chi connectivity index (χ0) is 13.8. The van der Waals surface area contributed by atoms with Crippen molar-refractivity contribution in [3.05, 3.63) is 33.3 Å². The smallest absolute Gasteiger partial charge is 0.271 e. The second-order valence-corrected chi connectivity index (χ2v) is 5.48. The van der Waals surface area contributed by atoms with E-state index in [1.165, 1.54) is 18.2 Å². The molecule has 0 radical (unpaired) electrons. The number of aliphatic hydroxyl groups is 1. The molecule has 0 aliphatic heterocycles. The molecule has 0 aliphatic carbocycles. The summed E-state index contributed by atoms with van der Waals surface area (Å²) in [5.41, 5.74) is -0.338. The Balaban J connectivity index is 2.71. The Hall–Kier alpha value is -0.980. The molecule has 0 saturated carbocycles. The van der Waals surface area contributed by atoms with Crippen molar-refractivity contribution < 1.29 is 10.0 Å². The van der Waals surface area contributed by atoms with E-state index in [4.69, 9.17) is 11.6 Å². The molecule has 0 spiro atoms. The number of thioether (sulfide) groups is 1. The van der Waals surface area contributed by atoms with Crippen LogP contribution < -0.4 is 5.32 Å². The highest BCUT2D eigenvalue weighted by Gasteiger charge is 2.20. The Bertz CT molecular complexity index is 440. The van der Waals surface area contributed by atoms with Gasteiger partial charge >= 0.3 is 0 Å². The van der Waals surface area contributed by atoms with E-state index >= 15 is 0 Å². The van der Waals surface area contributed by atoms with E-state index in [1.54, 1.807) is 18.7 Å². The number of benzene rings is 1. The molecule has 0 bridgehead atoms. The summed E-state index contributed by atoms with van der Waals surface area (Å²) < 4.78 is 0. The van der Waals surface area contributed by atoms with Crippen molar-refractivity contribution in [1.82, 2.24) is 0 Å². The van der Waals surface area contributed by atoms with Crippen molar-refractivity contribution in [2.24, 2.45) is 0 Å². The largest absolute Gasteiger partial charge is 0.387 e. The predicted molar refractivity (Wildman–Crippen MR) is 75.6 cm³/mol. The van der Waals surface area contributed by atoms with E-state index in [2.05, 4.69) is 5.32 Å².